The molecule has 1 fully saturated rings. The fourth-order valence-electron chi connectivity index (χ4n) is 2.20. The van der Waals surface area contributed by atoms with Crippen molar-refractivity contribution in [3.63, 3.8) is 0 Å². The molecule has 104 valence electrons. The minimum atomic E-state index is -0.358. The Morgan fingerprint density at radius 3 is 2.63 bits per heavy atom. The van der Waals surface area contributed by atoms with E-state index in [2.05, 4.69) is 33.2 Å². The summed E-state index contributed by atoms with van der Waals surface area (Å²) in [5.74, 6) is -0.558. The van der Waals surface area contributed by atoms with Crippen LogP contribution in [0.25, 0.3) is 0 Å². The van der Waals surface area contributed by atoms with E-state index in [1.54, 1.807) is 13.0 Å². The number of benzene rings is 1. The number of carbonyl (C=O) groups excluding carboxylic acids is 1. The molecule has 0 atom stereocenters. The SMILES string of the molecule is Cc1c(F)cc(C(=O)NC2CCN(C)CC2)cc1Br. The van der Waals surface area contributed by atoms with Crippen molar-refractivity contribution in [1.29, 1.82) is 0 Å². The van der Waals surface area contributed by atoms with Gasteiger partial charge in [-0.2, -0.15) is 0 Å². The zero-order chi connectivity index (χ0) is 14.0. The molecule has 0 spiro atoms. The Hall–Kier alpha value is -0.940. The van der Waals surface area contributed by atoms with Crippen LogP contribution in [0.3, 0.4) is 0 Å². The maximum atomic E-state index is 13.6. The highest BCUT2D eigenvalue weighted by molar-refractivity contribution is 9.10. The number of piperidine rings is 1. The molecular weight excluding hydrogens is 311 g/mol. The predicted molar refractivity (Wildman–Crippen MR) is 76.8 cm³/mol. The maximum Gasteiger partial charge on any atom is 0.251 e. The van der Waals surface area contributed by atoms with Crippen LogP contribution in [0.15, 0.2) is 16.6 Å². The molecule has 0 unspecified atom stereocenters. The Labute approximate surface area is 121 Å². The molecule has 1 N–H and O–H groups in total. The van der Waals surface area contributed by atoms with Crippen molar-refractivity contribution >= 4 is 21.8 Å². The first-order chi connectivity index (χ1) is 8.97. The first-order valence-electron chi connectivity index (χ1n) is 6.42. The fraction of sp³-hybridized carbons (Fsp3) is 0.500. The molecule has 1 amide bonds. The van der Waals surface area contributed by atoms with Crippen LogP contribution in [0.5, 0.6) is 0 Å². The Kier molecular flexibility index (Phi) is 4.58. The van der Waals surface area contributed by atoms with Gasteiger partial charge in [0.25, 0.3) is 5.91 Å². The highest BCUT2D eigenvalue weighted by Gasteiger charge is 2.20. The van der Waals surface area contributed by atoms with E-state index in [1.807, 2.05) is 0 Å². The molecule has 1 aromatic rings. The van der Waals surface area contributed by atoms with Gasteiger partial charge in [-0.25, -0.2) is 4.39 Å². The van der Waals surface area contributed by atoms with Crippen LogP contribution in [-0.4, -0.2) is 37.0 Å². The molecule has 1 aromatic carbocycles. The van der Waals surface area contributed by atoms with Gasteiger partial charge >= 0.3 is 0 Å². The van der Waals surface area contributed by atoms with E-state index < -0.39 is 0 Å². The Morgan fingerprint density at radius 1 is 1.42 bits per heavy atom. The molecule has 0 aliphatic carbocycles. The molecule has 0 radical (unpaired) electrons. The molecule has 0 saturated carbocycles. The molecular formula is C14H18BrFN2O. The zero-order valence-corrected chi connectivity index (χ0v) is 12.8. The monoisotopic (exact) mass is 328 g/mol. The number of carbonyl (C=O) groups is 1. The molecule has 2 rings (SSSR count). The van der Waals surface area contributed by atoms with Crippen molar-refractivity contribution < 1.29 is 9.18 Å². The molecule has 19 heavy (non-hydrogen) atoms. The van der Waals surface area contributed by atoms with Crippen molar-refractivity contribution in [2.45, 2.75) is 25.8 Å². The second kappa shape index (κ2) is 6.01. The number of likely N-dealkylation sites (tertiary alicyclic amines) is 1. The summed E-state index contributed by atoms with van der Waals surface area (Å²) in [5.41, 5.74) is 0.893. The van der Waals surface area contributed by atoms with Gasteiger partial charge in [0.2, 0.25) is 0 Å². The van der Waals surface area contributed by atoms with Gasteiger partial charge in [0.15, 0.2) is 0 Å². The zero-order valence-electron chi connectivity index (χ0n) is 11.2. The van der Waals surface area contributed by atoms with Crippen LogP contribution in [-0.2, 0) is 0 Å². The first-order valence-corrected chi connectivity index (χ1v) is 7.21. The third kappa shape index (κ3) is 3.54. The largest absolute Gasteiger partial charge is 0.349 e. The van der Waals surface area contributed by atoms with Crippen molar-refractivity contribution in [3.8, 4) is 0 Å². The van der Waals surface area contributed by atoms with Crippen LogP contribution >= 0.6 is 15.9 Å². The van der Waals surface area contributed by atoms with E-state index in [0.29, 0.717) is 15.6 Å². The first kappa shape index (κ1) is 14.5. The minimum Gasteiger partial charge on any atom is -0.349 e. The van der Waals surface area contributed by atoms with Gasteiger partial charge in [-0.05, 0) is 57.6 Å². The Bertz CT molecular complexity index is 461. The fourth-order valence-corrected chi connectivity index (χ4v) is 2.63. The third-order valence-electron chi connectivity index (χ3n) is 3.60. The lowest BCUT2D eigenvalue weighted by atomic mass is 10.0. The number of halogens is 2. The van der Waals surface area contributed by atoms with Crippen LogP contribution in [0.2, 0.25) is 0 Å². The van der Waals surface area contributed by atoms with Crippen molar-refractivity contribution in [2.75, 3.05) is 20.1 Å². The molecule has 1 saturated heterocycles. The van der Waals surface area contributed by atoms with E-state index in [0.717, 1.165) is 25.9 Å². The molecule has 1 aliphatic rings. The van der Waals surface area contributed by atoms with E-state index >= 15 is 0 Å². The number of rotatable bonds is 2. The van der Waals surface area contributed by atoms with Gasteiger partial charge in [-0.1, -0.05) is 15.9 Å². The van der Waals surface area contributed by atoms with Gasteiger partial charge in [0.1, 0.15) is 5.82 Å². The second-order valence-electron chi connectivity index (χ2n) is 5.12. The summed E-state index contributed by atoms with van der Waals surface area (Å²) < 4.78 is 14.2. The molecule has 0 aromatic heterocycles. The second-order valence-corrected chi connectivity index (χ2v) is 5.97. The van der Waals surface area contributed by atoms with Gasteiger partial charge in [0.05, 0.1) is 0 Å². The smallest absolute Gasteiger partial charge is 0.251 e. The number of hydrogen-bond donors (Lipinski definition) is 1. The van der Waals surface area contributed by atoms with E-state index in [1.165, 1.54) is 6.07 Å². The lowest BCUT2D eigenvalue weighted by Crippen LogP contribution is -2.43. The maximum absolute atomic E-state index is 13.6. The lowest BCUT2D eigenvalue weighted by molar-refractivity contribution is 0.0916. The van der Waals surface area contributed by atoms with Crippen molar-refractivity contribution in [1.82, 2.24) is 10.2 Å². The van der Waals surface area contributed by atoms with Gasteiger partial charge in [-0.3, -0.25) is 4.79 Å². The highest BCUT2D eigenvalue weighted by Crippen LogP contribution is 2.21. The minimum absolute atomic E-state index is 0.187. The van der Waals surface area contributed by atoms with Crippen LogP contribution in [0.1, 0.15) is 28.8 Å². The molecule has 5 heteroatoms. The van der Waals surface area contributed by atoms with Gasteiger partial charge in [0, 0.05) is 16.1 Å². The van der Waals surface area contributed by atoms with E-state index in [9.17, 15) is 9.18 Å². The summed E-state index contributed by atoms with van der Waals surface area (Å²) in [4.78, 5) is 14.3. The van der Waals surface area contributed by atoms with Crippen LogP contribution in [0, 0.1) is 12.7 Å². The topological polar surface area (TPSA) is 32.3 Å². The quantitative estimate of drug-likeness (QED) is 0.905. The Morgan fingerprint density at radius 2 is 2.05 bits per heavy atom. The summed E-state index contributed by atoms with van der Waals surface area (Å²) in [5, 5.41) is 2.98. The Balaban J connectivity index is 2.04. The van der Waals surface area contributed by atoms with Crippen LogP contribution in [0.4, 0.5) is 4.39 Å². The number of amides is 1. The summed E-state index contributed by atoms with van der Waals surface area (Å²) in [6, 6.07) is 3.15. The molecule has 3 nitrogen and oxygen atoms in total. The summed E-state index contributed by atoms with van der Waals surface area (Å²) in [6.07, 6.45) is 1.88. The predicted octanol–water partition coefficient (Wildman–Crippen LogP) is 2.72. The molecule has 1 aliphatic heterocycles. The average molecular weight is 329 g/mol. The summed E-state index contributed by atoms with van der Waals surface area (Å²) in [7, 11) is 2.07. The average Bonchev–Trinajstić information content (AvgIpc) is 2.38. The number of nitrogens with one attached hydrogen (secondary N) is 1. The molecule has 1 heterocycles. The lowest BCUT2D eigenvalue weighted by Gasteiger charge is -2.29. The third-order valence-corrected chi connectivity index (χ3v) is 4.42. The van der Waals surface area contributed by atoms with Crippen LogP contribution < -0.4 is 5.32 Å². The standard InChI is InChI=1S/C14H18BrFN2O/c1-9-12(15)7-10(8-13(9)16)14(19)17-11-3-5-18(2)6-4-11/h7-8,11H,3-6H2,1-2H3,(H,17,19). The summed E-state index contributed by atoms with van der Waals surface area (Å²) >= 11 is 3.27. The number of nitrogens with zero attached hydrogens (tertiary/aromatic N) is 1. The highest BCUT2D eigenvalue weighted by atomic mass is 79.9. The molecule has 0 bridgehead atoms. The normalized spacial score (nSPS) is 17.5. The van der Waals surface area contributed by atoms with E-state index in [4.69, 9.17) is 0 Å². The van der Waals surface area contributed by atoms with Crippen molar-refractivity contribution in [3.05, 3.63) is 33.5 Å². The van der Waals surface area contributed by atoms with Gasteiger partial charge < -0.3 is 10.2 Å². The van der Waals surface area contributed by atoms with Gasteiger partial charge in [-0.15, -0.1) is 0 Å². The van der Waals surface area contributed by atoms with E-state index in [-0.39, 0.29) is 17.8 Å². The number of hydrogen-bond acceptors (Lipinski definition) is 2. The summed E-state index contributed by atoms with van der Waals surface area (Å²) in [6.45, 7) is 3.64. The van der Waals surface area contributed by atoms with Crippen molar-refractivity contribution in [2.24, 2.45) is 0 Å².